The van der Waals surface area contributed by atoms with E-state index in [1.807, 2.05) is 0 Å². The van der Waals surface area contributed by atoms with Crippen LogP contribution in [0.15, 0.2) is 23.8 Å². The molecule has 4 amide bonds. The zero-order valence-electron chi connectivity index (χ0n) is 14.7. The van der Waals surface area contributed by atoms with Crippen molar-refractivity contribution in [2.45, 2.75) is 13.0 Å². The van der Waals surface area contributed by atoms with Gasteiger partial charge in [-0.2, -0.15) is 0 Å². The number of ether oxygens (including phenoxy) is 2. The summed E-state index contributed by atoms with van der Waals surface area (Å²) in [6, 6.07) is 3.95. The van der Waals surface area contributed by atoms with Gasteiger partial charge < -0.3 is 14.6 Å². The smallest absolute Gasteiger partial charge is 0.344 e. The molecule has 0 spiro atoms. The van der Waals surface area contributed by atoms with E-state index in [1.165, 1.54) is 40.3 Å². The monoisotopic (exact) mass is 362 g/mol. The van der Waals surface area contributed by atoms with Gasteiger partial charge >= 0.3 is 12.0 Å². The van der Waals surface area contributed by atoms with E-state index >= 15 is 0 Å². The van der Waals surface area contributed by atoms with Gasteiger partial charge in [0.1, 0.15) is 5.57 Å². The third-order valence-electron chi connectivity index (χ3n) is 3.82. The predicted molar refractivity (Wildman–Crippen MR) is 89.6 cm³/mol. The van der Waals surface area contributed by atoms with Gasteiger partial charge in [0.05, 0.1) is 7.11 Å². The number of hydrogen-bond donors (Lipinski definition) is 1. The molecule has 1 aliphatic heterocycles. The fourth-order valence-electron chi connectivity index (χ4n) is 2.29. The van der Waals surface area contributed by atoms with E-state index < -0.39 is 29.9 Å². The fourth-order valence-corrected chi connectivity index (χ4v) is 2.29. The Morgan fingerprint density at radius 2 is 1.73 bits per heavy atom. The summed E-state index contributed by atoms with van der Waals surface area (Å²) in [5.74, 6) is -2.41. The first kappa shape index (κ1) is 19.0. The molecule has 1 aliphatic rings. The zero-order chi connectivity index (χ0) is 19.6. The first-order chi connectivity index (χ1) is 12.2. The van der Waals surface area contributed by atoms with Gasteiger partial charge in [0, 0.05) is 19.7 Å². The minimum atomic E-state index is -1.19. The van der Waals surface area contributed by atoms with Crippen molar-refractivity contribution in [1.29, 1.82) is 0 Å². The van der Waals surface area contributed by atoms with Crippen LogP contribution in [-0.2, 0) is 14.4 Å². The second-order valence-corrected chi connectivity index (χ2v) is 5.55. The Kier molecular flexibility index (Phi) is 5.30. The summed E-state index contributed by atoms with van der Waals surface area (Å²) >= 11 is 0. The summed E-state index contributed by atoms with van der Waals surface area (Å²) in [7, 11) is 3.90. The molecule has 9 nitrogen and oxygen atoms in total. The normalized spacial score (nSPS) is 15.8. The van der Waals surface area contributed by atoms with Crippen molar-refractivity contribution in [3.8, 4) is 11.5 Å². The summed E-state index contributed by atoms with van der Waals surface area (Å²) in [6.45, 7) is 1.34. The SMILES string of the molecule is COc1cccc(C=C2C(=O)N(C)C(=O)N(C)C2=O)c1O[C@@H](C)C(=O)O. The molecule has 1 heterocycles. The molecule has 0 aromatic heterocycles. The van der Waals surface area contributed by atoms with E-state index in [-0.39, 0.29) is 22.6 Å². The minimum absolute atomic E-state index is 0.0696. The van der Waals surface area contributed by atoms with Crippen molar-refractivity contribution in [2.24, 2.45) is 0 Å². The quantitative estimate of drug-likeness (QED) is 0.613. The number of nitrogens with zero attached hydrogens (tertiary/aromatic N) is 2. The molecule has 2 rings (SSSR count). The van der Waals surface area contributed by atoms with E-state index in [0.29, 0.717) is 0 Å². The van der Waals surface area contributed by atoms with Crippen molar-refractivity contribution in [2.75, 3.05) is 21.2 Å². The molecular weight excluding hydrogens is 344 g/mol. The topological polar surface area (TPSA) is 113 Å². The highest BCUT2D eigenvalue weighted by Crippen LogP contribution is 2.34. The maximum atomic E-state index is 12.3. The standard InChI is InChI=1S/C17H18N2O7/c1-9(16(22)23)26-13-10(6-5-7-12(13)25-4)8-11-14(20)18(2)17(24)19(3)15(11)21/h5-9H,1-4H3,(H,22,23)/t9-/m0/s1. The third kappa shape index (κ3) is 3.37. The Morgan fingerprint density at radius 3 is 2.23 bits per heavy atom. The molecule has 1 aromatic carbocycles. The number of carboxylic acids is 1. The van der Waals surface area contributed by atoms with Crippen LogP contribution in [0.2, 0.25) is 0 Å². The van der Waals surface area contributed by atoms with Crippen molar-refractivity contribution < 1.29 is 33.8 Å². The second kappa shape index (κ2) is 7.26. The average Bonchev–Trinajstić information content (AvgIpc) is 2.62. The van der Waals surface area contributed by atoms with Crippen LogP contribution in [0.4, 0.5) is 4.79 Å². The van der Waals surface area contributed by atoms with Gasteiger partial charge in [0.25, 0.3) is 11.8 Å². The number of amides is 4. The largest absolute Gasteiger partial charge is 0.493 e. The molecule has 1 fully saturated rings. The molecule has 26 heavy (non-hydrogen) atoms. The van der Waals surface area contributed by atoms with Gasteiger partial charge in [0.15, 0.2) is 17.6 Å². The van der Waals surface area contributed by atoms with Gasteiger partial charge in [-0.25, -0.2) is 9.59 Å². The van der Waals surface area contributed by atoms with Gasteiger partial charge in [0.2, 0.25) is 0 Å². The van der Waals surface area contributed by atoms with E-state index in [2.05, 4.69) is 0 Å². The minimum Gasteiger partial charge on any atom is -0.493 e. The number of urea groups is 1. The van der Waals surface area contributed by atoms with Crippen LogP contribution in [0.1, 0.15) is 12.5 Å². The number of aliphatic carboxylic acids is 1. The van der Waals surface area contributed by atoms with Crippen LogP contribution in [0.25, 0.3) is 6.08 Å². The Balaban J connectivity index is 2.55. The lowest BCUT2D eigenvalue weighted by molar-refractivity contribution is -0.144. The summed E-state index contributed by atoms with van der Waals surface area (Å²) in [5, 5.41) is 9.06. The molecule has 0 saturated carbocycles. The number of likely N-dealkylation sites (N-methyl/N-ethyl adjacent to an activating group) is 2. The molecule has 0 unspecified atom stereocenters. The summed E-state index contributed by atoms with van der Waals surface area (Å²) < 4.78 is 10.6. The second-order valence-electron chi connectivity index (χ2n) is 5.55. The van der Waals surface area contributed by atoms with Crippen molar-refractivity contribution in [3.63, 3.8) is 0 Å². The lowest BCUT2D eigenvalue weighted by Crippen LogP contribution is -2.52. The van der Waals surface area contributed by atoms with Crippen molar-refractivity contribution in [3.05, 3.63) is 29.3 Å². The Labute approximate surface area is 149 Å². The lowest BCUT2D eigenvalue weighted by Gasteiger charge is -2.29. The Bertz CT molecular complexity index is 789. The highest BCUT2D eigenvalue weighted by atomic mass is 16.5. The van der Waals surface area contributed by atoms with E-state index in [1.54, 1.807) is 12.1 Å². The van der Waals surface area contributed by atoms with E-state index in [4.69, 9.17) is 14.6 Å². The number of carboxylic acid groups (broad SMARTS) is 1. The maximum absolute atomic E-state index is 12.3. The van der Waals surface area contributed by atoms with Gasteiger partial charge in [-0.05, 0) is 19.1 Å². The lowest BCUT2D eigenvalue weighted by atomic mass is 10.1. The zero-order valence-corrected chi connectivity index (χ0v) is 14.7. The molecule has 138 valence electrons. The predicted octanol–water partition coefficient (Wildman–Crippen LogP) is 0.981. The number of carbonyl (C=O) groups excluding carboxylic acids is 3. The van der Waals surface area contributed by atoms with Crippen LogP contribution in [0.5, 0.6) is 11.5 Å². The average molecular weight is 362 g/mol. The highest BCUT2D eigenvalue weighted by Gasteiger charge is 2.38. The van der Waals surface area contributed by atoms with Crippen LogP contribution in [-0.4, -0.2) is 66.0 Å². The molecule has 0 bridgehead atoms. The van der Waals surface area contributed by atoms with Crippen molar-refractivity contribution >= 4 is 29.9 Å². The van der Waals surface area contributed by atoms with Gasteiger partial charge in [-0.15, -0.1) is 0 Å². The van der Waals surface area contributed by atoms with Gasteiger partial charge in [-0.1, -0.05) is 12.1 Å². The number of benzene rings is 1. The third-order valence-corrected chi connectivity index (χ3v) is 3.82. The van der Waals surface area contributed by atoms with Crippen molar-refractivity contribution in [1.82, 2.24) is 9.80 Å². The van der Waals surface area contributed by atoms with Crippen LogP contribution >= 0.6 is 0 Å². The summed E-state index contributed by atoms with van der Waals surface area (Å²) in [6.07, 6.45) is 0.0596. The molecule has 0 radical (unpaired) electrons. The maximum Gasteiger partial charge on any atom is 0.344 e. The molecule has 9 heteroatoms. The molecule has 1 aromatic rings. The molecular formula is C17H18N2O7. The molecule has 1 N–H and O–H groups in total. The van der Waals surface area contributed by atoms with Gasteiger partial charge in [-0.3, -0.25) is 19.4 Å². The van der Waals surface area contributed by atoms with E-state index in [0.717, 1.165) is 9.80 Å². The Morgan fingerprint density at radius 1 is 1.15 bits per heavy atom. The summed E-state index contributed by atoms with van der Waals surface area (Å²) in [4.78, 5) is 49.2. The van der Waals surface area contributed by atoms with Crippen LogP contribution < -0.4 is 9.47 Å². The number of hydrogen-bond acceptors (Lipinski definition) is 6. The first-order valence-corrected chi connectivity index (χ1v) is 7.57. The molecule has 1 atom stereocenters. The Hall–Kier alpha value is -3.36. The number of carbonyl (C=O) groups is 4. The van der Waals surface area contributed by atoms with Crippen LogP contribution in [0.3, 0.4) is 0 Å². The molecule has 0 aliphatic carbocycles. The summed E-state index contributed by atoms with van der Waals surface area (Å²) in [5.41, 5.74) is 0.0148. The first-order valence-electron chi connectivity index (χ1n) is 7.57. The number of rotatable bonds is 5. The van der Waals surface area contributed by atoms with E-state index in [9.17, 15) is 19.2 Å². The number of barbiturate groups is 1. The number of para-hydroxylation sites is 1. The highest BCUT2D eigenvalue weighted by molar-refractivity contribution is 6.30. The van der Waals surface area contributed by atoms with Crippen LogP contribution in [0, 0.1) is 0 Å². The number of imide groups is 2. The fraction of sp³-hybridized carbons (Fsp3) is 0.294. The number of methoxy groups -OCH3 is 1. The molecule has 1 saturated heterocycles.